The molecule has 1 rings (SSSR count). The van der Waals surface area contributed by atoms with Gasteiger partial charge in [0.2, 0.25) is 0 Å². The number of aryl methyl sites for hydroxylation is 1. The Labute approximate surface area is 89.1 Å². The molecule has 0 aliphatic rings. The summed E-state index contributed by atoms with van der Waals surface area (Å²) in [6.07, 6.45) is -0.294. The van der Waals surface area contributed by atoms with Gasteiger partial charge in [-0.3, -0.25) is 4.18 Å². The van der Waals surface area contributed by atoms with E-state index in [2.05, 4.69) is 4.18 Å². The van der Waals surface area contributed by atoms with Gasteiger partial charge < -0.3 is 0 Å². The molecule has 3 nitrogen and oxygen atoms in total. The summed E-state index contributed by atoms with van der Waals surface area (Å²) in [6.45, 7) is -0.679. The van der Waals surface area contributed by atoms with Gasteiger partial charge >= 0.3 is 0 Å². The van der Waals surface area contributed by atoms with Gasteiger partial charge in [0, 0.05) is 4.11 Å². The third-order valence-corrected chi connectivity index (χ3v) is 2.98. The zero-order valence-electron chi connectivity index (χ0n) is 10.9. The molecule has 0 bridgehead atoms. The van der Waals surface area contributed by atoms with Gasteiger partial charge in [0.25, 0.3) is 10.1 Å². The SMILES string of the molecule is [2H]C([2H])([2H])CCOS(=O)(=O)c1ccc(C)cc1. The predicted molar refractivity (Wildman–Crippen MR) is 54.6 cm³/mol. The topological polar surface area (TPSA) is 43.4 Å². The van der Waals surface area contributed by atoms with Crippen LogP contribution in [0, 0.1) is 6.92 Å². The summed E-state index contributed by atoms with van der Waals surface area (Å²) >= 11 is 0. The first-order valence-corrected chi connectivity index (χ1v) is 5.58. The first-order valence-electron chi connectivity index (χ1n) is 5.67. The van der Waals surface area contributed by atoms with E-state index in [1.165, 1.54) is 12.1 Å². The van der Waals surface area contributed by atoms with Crippen LogP contribution in [0.3, 0.4) is 0 Å². The lowest BCUT2D eigenvalue weighted by atomic mass is 10.2. The number of hydrogen-bond acceptors (Lipinski definition) is 3. The monoisotopic (exact) mass is 217 g/mol. The van der Waals surface area contributed by atoms with Crippen LogP contribution < -0.4 is 0 Å². The van der Waals surface area contributed by atoms with Crippen LogP contribution in [0.2, 0.25) is 0 Å². The van der Waals surface area contributed by atoms with Gasteiger partial charge in [-0.2, -0.15) is 8.42 Å². The summed E-state index contributed by atoms with van der Waals surface area (Å²) < 4.78 is 48.7. The van der Waals surface area contributed by atoms with E-state index in [0.29, 0.717) is 0 Å². The van der Waals surface area contributed by atoms with Crippen LogP contribution in [-0.2, 0) is 14.3 Å². The van der Waals surface area contributed by atoms with Crippen LogP contribution >= 0.6 is 0 Å². The lowest BCUT2D eigenvalue weighted by Gasteiger charge is -2.04. The highest BCUT2D eigenvalue weighted by Crippen LogP contribution is 2.13. The van der Waals surface area contributed by atoms with Crippen molar-refractivity contribution in [3.05, 3.63) is 29.8 Å². The lowest BCUT2D eigenvalue weighted by Crippen LogP contribution is -2.06. The molecule has 0 aliphatic heterocycles. The quantitative estimate of drug-likeness (QED) is 0.725. The smallest absolute Gasteiger partial charge is 0.266 e. The van der Waals surface area contributed by atoms with Crippen LogP contribution in [0.5, 0.6) is 0 Å². The Bertz CT molecular complexity index is 463. The van der Waals surface area contributed by atoms with Crippen LogP contribution in [0.4, 0.5) is 0 Å². The molecule has 0 saturated heterocycles. The second-order valence-electron chi connectivity index (χ2n) is 2.84. The molecule has 0 N–H and O–H groups in total. The van der Waals surface area contributed by atoms with Crippen molar-refractivity contribution in [3.8, 4) is 0 Å². The van der Waals surface area contributed by atoms with Crippen molar-refractivity contribution < 1.29 is 16.7 Å². The molecule has 0 radical (unpaired) electrons. The number of benzene rings is 1. The zero-order chi connectivity index (χ0) is 13.1. The maximum absolute atomic E-state index is 11.6. The summed E-state index contributed by atoms with van der Waals surface area (Å²) in [5.74, 6) is 0. The molecular weight excluding hydrogens is 200 g/mol. The number of hydrogen-bond donors (Lipinski definition) is 0. The van der Waals surface area contributed by atoms with Crippen molar-refractivity contribution in [2.75, 3.05) is 6.61 Å². The van der Waals surface area contributed by atoms with E-state index in [-0.39, 0.29) is 17.9 Å². The van der Waals surface area contributed by atoms with Crippen molar-refractivity contribution in [2.45, 2.75) is 25.1 Å². The molecule has 0 fully saturated rings. The van der Waals surface area contributed by atoms with Crippen molar-refractivity contribution in [3.63, 3.8) is 0 Å². The Morgan fingerprint density at radius 3 is 2.57 bits per heavy atom. The molecule has 0 unspecified atom stereocenters. The van der Waals surface area contributed by atoms with Gasteiger partial charge in [0.05, 0.1) is 11.5 Å². The second kappa shape index (κ2) is 4.57. The highest BCUT2D eigenvalue weighted by molar-refractivity contribution is 7.86. The minimum Gasteiger partial charge on any atom is -0.266 e. The fraction of sp³-hybridized carbons (Fsp3) is 0.400. The van der Waals surface area contributed by atoms with Crippen molar-refractivity contribution in [1.29, 1.82) is 0 Å². The molecule has 1 aromatic carbocycles. The third kappa shape index (κ3) is 2.82. The molecule has 1 aromatic rings. The molecule has 4 heteroatoms. The van der Waals surface area contributed by atoms with Crippen molar-refractivity contribution in [2.24, 2.45) is 0 Å². The largest absolute Gasteiger partial charge is 0.296 e. The minimum absolute atomic E-state index is 0.0358. The van der Waals surface area contributed by atoms with E-state index >= 15 is 0 Å². The van der Waals surface area contributed by atoms with E-state index in [1.54, 1.807) is 12.1 Å². The highest BCUT2D eigenvalue weighted by atomic mass is 32.2. The van der Waals surface area contributed by atoms with E-state index in [4.69, 9.17) is 4.11 Å². The van der Waals surface area contributed by atoms with Crippen LogP contribution in [0.1, 0.15) is 22.9 Å². The lowest BCUT2D eigenvalue weighted by molar-refractivity contribution is 0.318. The highest BCUT2D eigenvalue weighted by Gasteiger charge is 2.13. The molecule has 0 aromatic heterocycles. The second-order valence-corrected chi connectivity index (χ2v) is 4.45. The Hall–Kier alpha value is -0.870. The van der Waals surface area contributed by atoms with Crippen LogP contribution in [0.15, 0.2) is 29.2 Å². The average Bonchev–Trinajstić information content (AvgIpc) is 2.15. The summed E-state index contributed by atoms with van der Waals surface area (Å²) in [5.41, 5.74) is 0.937. The Morgan fingerprint density at radius 1 is 1.36 bits per heavy atom. The molecule has 78 valence electrons. The molecule has 0 saturated carbocycles. The van der Waals surface area contributed by atoms with Crippen molar-refractivity contribution >= 4 is 10.1 Å². The summed E-state index contributed by atoms with van der Waals surface area (Å²) in [6, 6.07) is 6.17. The molecule has 0 atom stereocenters. The Kier molecular flexibility index (Phi) is 2.42. The fourth-order valence-corrected chi connectivity index (χ4v) is 1.83. The molecular formula is C10H14O3S. The predicted octanol–water partition coefficient (Wildman–Crippen LogP) is 2.11. The van der Waals surface area contributed by atoms with Gasteiger partial charge in [-0.25, -0.2) is 0 Å². The summed E-state index contributed by atoms with van der Waals surface area (Å²) in [4.78, 5) is 0.0358. The third-order valence-electron chi connectivity index (χ3n) is 1.65. The van der Waals surface area contributed by atoms with Gasteiger partial charge in [-0.05, 0) is 25.5 Å². The Balaban J connectivity index is 2.66. The average molecular weight is 217 g/mol. The van der Waals surface area contributed by atoms with E-state index < -0.39 is 17.0 Å². The molecule has 0 heterocycles. The zero-order valence-corrected chi connectivity index (χ0v) is 8.67. The number of rotatable bonds is 4. The molecule has 0 spiro atoms. The van der Waals surface area contributed by atoms with Gasteiger partial charge in [0.15, 0.2) is 0 Å². The van der Waals surface area contributed by atoms with Gasteiger partial charge in [-0.15, -0.1) is 0 Å². The molecule has 14 heavy (non-hydrogen) atoms. The van der Waals surface area contributed by atoms with E-state index in [0.717, 1.165) is 5.56 Å². The van der Waals surface area contributed by atoms with Crippen LogP contribution in [-0.4, -0.2) is 15.0 Å². The first kappa shape index (κ1) is 7.43. The normalized spacial score (nSPS) is 15.6. The summed E-state index contributed by atoms with van der Waals surface area (Å²) in [5, 5.41) is 0. The van der Waals surface area contributed by atoms with E-state index in [9.17, 15) is 8.42 Å². The molecule has 0 aliphatic carbocycles. The summed E-state index contributed by atoms with van der Waals surface area (Å²) in [7, 11) is -3.85. The van der Waals surface area contributed by atoms with E-state index in [1.807, 2.05) is 6.92 Å². The first-order chi connectivity index (χ1) is 7.71. The fourth-order valence-electron chi connectivity index (χ4n) is 0.924. The molecule has 0 amide bonds. The Morgan fingerprint density at radius 2 is 2.00 bits per heavy atom. The minimum atomic E-state index is -3.85. The standard InChI is InChI=1S/C10H14O3S/c1-3-8-13-14(11,12)10-6-4-9(2)5-7-10/h4-7H,3,8H2,1-2H3/i1D3. The van der Waals surface area contributed by atoms with Crippen LogP contribution in [0.25, 0.3) is 0 Å². The van der Waals surface area contributed by atoms with Gasteiger partial charge in [-0.1, -0.05) is 24.5 Å². The maximum Gasteiger partial charge on any atom is 0.296 e. The maximum atomic E-state index is 11.6. The van der Waals surface area contributed by atoms with Crippen molar-refractivity contribution in [1.82, 2.24) is 0 Å². The van der Waals surface area contributed by atoms with Gasteiger partial charge in [0.1, 0.15) is 0 Å².